The lowest BCUT2D eigenvalue weighted by Crippen LogP contribution is -2.54. The molecule has 2 aliphatic rings. The summed E-state index contributed by atoms with van der Waals surface area (Å²) in [5, 5.41) is 8.98. The van der Waals surface area contributed by atoms with E-state index in [0.29, 0.717) is 6.54 Å². The second-order valence-electron chi connectivity index (χ2n) is 9.06. The number of piperazine rings is 1. The number of fused-ring (bicyclic) bond motifs is 1. The van der Waals surface area contributed by atoms with Crippen LogP contribution in [0.1, 0.15) is 54.9 Å². The van der Waals surface area contributed by atoms with Gasteiger partial charge in [0, 0.05) is 37.3 Å². The standard InChI is InChI=1S/C19H33N3O2/c1-13-16(18(2,3)4)14-12-21(9-8-15(23)24)10-11-22(14)17(20-13)19(5,6)7/h13H,8-12H2,1-7H3,(H,23,24)/t13-/m0/s1. The predicted octanol–water partition coefficient (Wildman–Crippen LogP) is 3.23. The Hall–Kier alpha value is -1.36. The molecule has 0 radical (unpaired) electrons. The first kappa shape index (κ1) is 19.0. The Balaban J connectivity index is 2.37. The number of aliphatic imine (C=N–C) groups is 1. The number of carbonyl (C=O) groups is 1. The molecule has 0 saturated carbocycles. The third-order valence-corrected chi connectivity index (χ3v) is 4.76. The number of hydrogen-bond donors (Lipinski definition) is 1. The maximum Gasteiger partial charge on any atom is 0.304 e. The Kier molecular flexibility index (Phi) is 5.14. The summed E-state index contributed by atoms with van der Waals surface area (Å²) in [4.78, 5) is 20.6. The number of amidine groups is 1. The van der Waals surface area contributed by atoms with E-state index < -0.39 is 5.97 Å². The molecule has 0 aromatic carbocycles. The molecule has 0 aromatic heterocycles. The first-order valence-corrected chi connectivity index (χ1v) is 8.94. The van der Waals surface area contributed by atoms with E-state index in [2.05, 4.69) is 58.3 Å². The lowest BCUT2D eigenvalue weighted by Gasteiger charge is -2.48. The van der Waals surface area contributed by atoms with Gasteiger partial charge in [-0.1, -0.05) is 41.5 Å². The summed E-state index contributed by atoms with van der Waals surface area (Å²) >= 11 is 0. The van der Waals surface area contributed by atoms with E-state index in [0.717, 1.165) is 25.5 Å². The largest absolute Gasteiger partial charge is 0.481 e. The maximum atomic E-state index is 10.9. The molecule has 0 bridgehead atoms. The van der Waals surface area contributed by atoms with Crippen molar-refractivity contribution in [1.82, 2.24) is 9.80 Å². The molecule has 24 heavy (non-hydrogen) atoms. The van der Waals surface area contributed by atoms with Gasteiger partial charge in [0.15, 0.2) is 0 Å². The van der Waals surface area contributed by atoms with Gasteiger partial charge in [-0.15, -0.1) is 0 Å². The minimum Gasteiger partial charge on any atom is -0.481 e. The molecule has 0 unspecified atom stereocenters. The van der Waals surface area contributed by atoms with Crippen LogP contribution in [-0.4, -0.2) is 58.9 Å². The van der Waals surface area contributed by atoms with Crippen molar-refractivity contribution in [1.29, 1.82) is 0 Å². The Morgan fingerprint density at radius 1 is 1.17 bits per heavy atom. The van der Waals surface area contributed by atoms with Crippen molar-refractivity contribution < 1.29 is 9.90 Å². The van der Waals surface area contributed by atoms with Crippen molar-refractivity contribution in [2.45, 2.75) is 60.9 Å². The summed E-state index contributed by atoms with van der Waals surface area (Å²) < 4.78 is 0. The highest BCUT2D eigenvalue weighted by atomic mass is 16.4. The summed E-state index contributed by atoms with van der Waals surface area (Å²) in [7, 11) is 0. The minimum atomic E-state index is -0.726. The zero-order chi connectivity index (χ0) is 18.3. The number of carboxylic acid groups (broad SMARTS) is 1. The van der Waals surface area contributed by atoms with Crippen LogP contribution in [0.3, 0.4) is 0 Å². The second kappa shape index (κ2) is 6.51. The van der Waals surface area contributed by atoms with Crippen molar-refractivity contribution in [3.8, 4) is 0 Å². The molecule has 5 nitrogen and oxygen atoms in total. The van der Waals surface area contributed by atoms with E-state index >= 15 is 0 Å². The SMILES string of the molecule is C[C@@H]1N=C(C(C)(C)C)N2CCN(CCC(=O)O)CC2=C1C(C)(C)C. The molecule has 2 rings (SSSR count). The lowest BCUT2D eigenvalue weighted by molar-refractivity contribution is -0.137. The van der Waals surface area contributed by atoms with Crippen LogP contribution in [0.25, 0.3) is 0 Å². The summed E-state index contributed by atoms with van der Waals surface area (Å²) in [6.07, 6.45) is 0.202. The van der Waals surface area contributed by atoms with E-state index in [4.69, 9.17) is 10.1 Å². The van der Waals surface area contributed by atoms with Gasteiger partial charge in [-0.3, -0.25) is 14.7 Å². The first-order chi connectivity index (χ1) is 10.9. The van der Waals surface area contributed by atoms with Crippen LogP contribution < -0.4 is 0 Å². The van der Waals surface area contributed by atoms with Crippen LogP contribution >= 0.6 is 0 Å². The molecule has 5 heteroatoms. The molecule has 0 aromatic rings. The summed E-state index contributed by atoms with van der Waals surface area (Å²) in [6.45, 7) is 18.8. The number of nitrogens with zero attached hydrogens (tertiary/aromatic N) is 3. The molecule has 2 heterocycles. The van der Waals surface area contributed by atoms with Crippen LogP contribution in [0.15, 0.2) is 16.3 Å². The summed E-state index contributed by atoms with van der Waals surface area (Å²) in [5.41, 5.74) is 2.78. The van der Waals surface area contributed by atoms with Gasteiger partial charge in [0.2, 0.25) is 0 Å². The quantitative estimate of drug-likeness (QED) is 0.860. The molecule has 1 saturated heterocycles. The summed E-state index contributed by atoms with van der Waals surface area (Å²) in [6, 6.07) is 0.171. The van der Waals surface area contributed by atoms with E-state index in [1.165, 1.54) is 11.3 Å². The van der Waals surface area contributed by atoms with Gasteiger partial charge >= 0.3 is 5.97 Å². The van der Waals surface area contributed by atoms with Crippen LogP contribution in [0.5, 0.6) is 0 Å². The molecule has 1 fully saturated rings. The van der Waals surface area contributed by atoms with Crippen LogP contribution in [0.4, 0.5) is 0 Å². The fourth-order valence-electron chi connectivity index (χ4n) is 3.88. The zero-order valence-corrected chi connectivity index (χ0v) is 16.3. The smallest absolute Gasteiger partial charge is 0.304 e. The molecular weight excluding hydrogens is 302 g/mol. The number of hydrogen-bond acceptors (Lipinski definition) is 4. The van der Waals surface area contributed by atoms with Gasteiger partial charge in [-0.05, 0) is 17.9 Å². The van der Waals surface area contributed by atoms with Crippen LogP contribution in [0, 0.1) is 10.8 Å². The second-order valence-corrected chi connectivity index (χ2v) is 9.06. The zero-order valence-electron chi connectivity index (χ0n) is 16.3. The Morgan fingerprint density at radius 2 is 1.79 bits per heavy atom. The monoisotopic (exact) mass is 335 g/mol. The summed E-state index contributed by atoms with van der Waals surface area (Å²) in [5.74, 6) is 0.437. The Labute approximate surface area is 146 Å². The van der Waals surface area contributed by atoms with Crippen molar-refractivity contribution in [2.75, 3.05) is 26.2 Å². The lowest BCUT2D eigenvalue weighted by atomic mass is 9.78. The number of carboxylic acids is 1. The first-order valence-electron chi connectivity index (χ1n) is 8.94. The normalized spacial score (nSPS) is 23.2. The molecule has 2 aliphatic heterocycles. The third kappa shape index (κ3) is 4.00. The van der Waals surface area contributed by atoms with Crippen molar-refractivity contribution >= 4 is 11.8 Å². The van der Waals surface area contributed by atoms with Crippen molar-refractivity contribution in [3.63, 3.8) is 0 Å². The van der Waals surface area contributed by atoms with Gasteiger partial charge in [-0.2, -0.15) is 0 Å². The number of aliphatic carboxylic acids is 1. The molecule has 1 N–H and O–H groups in total. The van der Waals surface area contributed by atoms with Crippen LogP contribution in [0.2, 0.25) is 0 Å². The van der Waals surface area contributed by atoms with Gasteiger partial charge in [0.25, 0.3) is 0 Å². The molecule has 0 spiro atoms. The van der Waals surface area contributed by atoms with E-state index in [-0.39, 0.29) is 23.3 Å². The Morgan fingerprint density at radius 3 is 2.29 bits per heavy atom. The topological polar surface area (TPSA) is 56.1 Å². The molecule has 136 valence electrons. The van der Waals surface area contributed by atoms with Gasteiger partial charge in [0.05, 0.1) is 12.5 Å². The predicted molar refractivity (Wildman–Crippen MR) is 98.2 cm³/mol. The molecule has 1 atom stereocenters. The van der Waals surface area contributed by atoms with Gasteiger partial charge < -0.3 is 10.0 Å². The fraction of sp³-hybridized carbons (Fsp3) is 0.789. The molecule has 0 aliphatic carbocycles. The highest BCUT2D eigenvalue weighted by Gasteiger charge is 2.39. The van der Waals surface area contributed by atoms with E-state index in [9.17, 15) is 4.79 Å². The van der Waals surface area contributed by atoms with Crippen molar-refractivity contribution in [3.05, 3.63) is 11.3 Å². The molecule has 0 amide bonds. The number of rotatable bonds is 3. The maximum absolute atomic E-state index is 10.9. The van der Waals surface area contributed by atoms with E-state index in [1.807, 2.05) is 0 Å². The van der Waals surface area contributed by atoms with Crippen LogP contribution in [-0.2, 0) is 4.79 Å². The van der Waals surface area contributed by atoms with Gasteiger partial charge in [-0.25, -0.2) is 0 Å². The Bertz CT molecular complexity index is 564. The minimum absolute atomic E-state index is 0.00611. The fourth-order valence-corrected chi connectivity index (χ4v) is 3.88. The average molecular weight is 335 g/mol. The van der Waals surface area contributed by atoms with Crippen molar-refractivity contribution in [2.24, 2.45) is 15.8 Å². The highest BCUT2D eigenvalue weighted by molar-refractivity contribution is 5.90. The van der Waals surface area contributed by atoms with E-state index in [1.54, 1.807) is 0 Å². The third-order valence-electron chi connectivity index (χ3n) is 4.76. The highest BCUT2D eigenvalue weighted by Crippen LogP contribution is 2.40. The molecular formula is C19H33N3O2. The van der Waals surface area contributed by atoms with Gasteiger partial charge in [0.1, 0.15) is 5.84 Å². The average Bonchev–Trinajstić information content (AvgIpc) is 2.41.